The fourth-order valence-corrected chi connectivity index (χ4v) is 2.46. The van der Waals surface area contributed by atoms with Gasteiger partial charge < -0.3 is 10.2 Å². The highest BCUT2D eigenvalue weighted by atomic mass is 15.2. The van der Waals surface area contributed by atoms with Crippen LogP contribution in [0, 0.1) is 18.8 Å². The summed E-state index contributed by atoms with van der Waals surface area (Å²) in [5.41, 5.74) is 0. The third-order valence-electron chi connectivity index (χ3n) is 3.84. The summed E-state index contributed by atoms with van der Waals surface area (Å²) in [5.74, 6) is 4.40. The Bertz CT molecular complexity index is 405. The minimum atomic E-state index is 0.733. The van der Waals surface area contributed by atoms with Gasteiger partial charge in [0, 0.05) is 25.7 Å². The first kappa shape index (κ1) is 13.1. The molecule has 1 fully saturated rings. The molecule has 1 aromatic rings. The zero-order valence-corrected chi connectivity index (χ0v) is 11.9. The van der Waals surface area contributed by atoms with Crippen LogP contribution in [0.1, 0.15) is 33.0 Å². The van der Waals surface area contributed by atoms with Gasteiger partial charge in [-0.2, -0.15) is 0 Å². The van der Waals surface area contributed by atoms with Gasteiger partial charge in [0.1, 0.15) is 17.5 Å². The van der Waals surface area contributed by atoms with Crippen molar-refractivity contribution in [1.82, 2.24) is 9.97 Å². The van der Waals surface area contributed by atoms with Crippen molar-refractivity contribution in [1.29, 1.82) is 0 Å². The summed E-state index contributed by atoms with van der Waals surface area (Å²) < 4.78 is 0. The van der Waals surface area contributed by atoms with Gasteiger partial charge in [-0.05, 0) is 32.1 Å². The van der Waals surface area contributed by atoms with E-state index < -0.39 is 0 Å². The van der Waals surface area contributed by atoms with Crippen LogP contribution in [0.25, 0.3) is 0 Å². The average molecular weight is 248 g/mol. The van der Waals surface area contributed by atoms with Gasteiger partial charge in [-0.15, -0.1) is 0 Å². The van der Waals surface area contributed by atoms with Gasteiger partial charge in [-0.1, -0.05) is 13.8 Å². The molecule has 1 aliphatic rings. The number of rotatable bonds is 3. The van der Waals surface area contributed by atoms with Gasteiger partial charge in [-0.3, -0.25) is 0 Å². The van der Waals surface area contributed by atoms with E-state index in [1.165, 1.54) is 6.42 Å². The third kappa shape index (κ3) is 2.92. The maximum Gasteiger partial charge on any atom is 0.134 e. The van der Waals surface area contributed by atoms with Crippen molar-refractivity contribution in [2.45, 2.75) is 34.1 Å². The molecule has 1 aliphatic heterocycles. The Labute approximate surface area is 110 Å². The van der Waals surface area contributed by atoms with Gasteiger partial charge in [0.15, 0.2) is 0 Å². The predicted octanol–water partition coefficient (Wildman–Crippen LogP) is 2.70. The molecule has 1 saturated heterocycles. The molecular formula is C14H24N4. The van der Waals surface area contributed by atoms with Gasteiger partial charge in [-0.25, -0.2) is 9.97 Å². The summed E-state index contributed by atoms with van der Waals surface area (Å²) in [5, 5.41) is 3.27. The van der Waals surface area contributed by atoms with Gasteiger partial charge in [0.2, 0.25) is 0 Å². The smallest absolute Gasteiger partial charge is 0.134 e. The van der Waals surface area contributed by atoms with Crippen LogP contribution in [0.5, 0.6) is 0 Å². The first-order valence-electron chi connectivity index (χ1n) is 6.94. The lowest BCUT2D eigenvalue weighted by molar-refractivity contribution is 0.322. The molecule has 0 spiro atoms. The minimum absolute atomic E-state index is 0.733. The molecule has 0 radical (unpaired) electrons. The fourth-order valence-electron chi connectivity index (χ4n) is 2.46. The van der Waals surface area contributed by atoms with Crippen LogP contribution in [-0.2, 0) is 0 Å². The summed E-state index contributed by atoms with van der Waals surface area (Å²) in [4.78, 5) is 11.4. The van der Waals surface area contributed by atoms with Crippen LogP contribution in [0.4, 0.5) is 11.6 Å². The average Bonchev–Trinajstić information content (AvgIpc) is 2.32. The summed E-state index contributed by atoms with van der Waals surface area (Å²) in [6, 6.07) is 2.07. The molecule has 1 N–H and O–H groups in total. The van der Waals surface area contributed by atoms with Gasteiger partial charge >= 0.3 is 0 Å². The van der Waals surface area contributed by atoms with Crippen LogP contribution in [0.2, 0.25) is 0 Å². The number of hydrogen-bond acceptors (Lipinski definition) is 4. The van der Waals surface area contributed by atoms with Crippen molar-refractivity contribution in [3.63, 3.8) is 0 Å². The molecule has 4 heteroatoms. The number of anilines is 2. The molecular weight excluding hydrogens is 224 g/mol. The summed E-state index contributed by atoms with van der Waals surface area (Å²) in [6.07, 6.45) is 1.25. The fraction of sp³-hybridized carbons (Fsp3) is 0.714. The van der Waals surface area contributed by atoms with E-state index in [2.05, 4.69) is 47.0 Å². The Morgan fingerprint density at radius 2 is 2.11 bits per heavy atom. The van der Waals surface area contributed by atoms with Crippen molar-refractivity contribution >= 4 is 11.6 Å². The number of piperidine rings is 1. The van der Waals surface area contributed by atoms with Crippen LogP contribution in [0.15, 0.2) is 6.07 Å². The SMILES string of the molecule is CCNc1cc(N2CCC(C)C(C)C2)nc(C)n1. The van der Waals surface area contributed by atoms with Crippen molar-refractivity contribution < 1.29 is 0 Å². The first-order valence-corrected chi connectivity index (χ1v) is 6.94. The van der Waals surface area contributed by atoms with Crippen molar-refractivity contribution in [2.24, 2.45) is 11.8 Å². The monoisotopic (exact) mass is 248 g/mol. The molecule has 100 valence electrons. The third-order valence-corrected chi connectivity index (χ3v) is 3.84. The lowest BCUT2D eigenvalue weighted by Crippen LogP contribution is -2.39. The molecule has 2 unspecified atom stereocenters. The first-order chi connectivity index (χ1) is 8.60. The maximum atomic E-state index is 4.57. The molecule has 2 heterocycles. The molecule has 0 saturated carbocycles. The highest BCUT2D eigenvalue weighted by Crippen LogP contribution is 2.26. The molecule has 0 bridgehead atoms. The maximum absolute atomic E-state index is 4.57. The Kier molecular flexibility index (Phi) is 4.04. The zero-order valence-electron chi connectivity index (χ0n) is 11.9. The minimum Gasteiger partial charge on any atom is -0.370 e. The highest BCUT2D eigenvalue weighted by Gasteiger charge is 2.23. The predicted molar refractivity (Wildman–Crippen MR) is 76.1 cm³/mol. The van der Waals surface area contributed by atoms with Crippen LogP contribution >= 0.6 is 0 Å². The van der Waals surface area contributed by atoms with E-state index in [4.69, 9.17) is 0 Å². The van der Waals surface area contributed by atoms with Gasteiger partial charge in [0.05, 0.1) is 0 Å². The molecule has 0 aliphatic carbocycles. The standard InChI is InChI=1S/C14H24N4/c1-5-15-13-8-14(17-12(4)16-13)18-7-6-10(2)11(3)9-18/h8,10-11H,5-7,9H2,1-4H3,(H,15,16,17). The quantitative estimate of drug-likeness (QED) is 0.893. The summed E-state index contributed by atoms with van der Waals surface area (Å²) >= 11 is 0. The van der Waals surface area contributed by atoms with E-state index in [9.17, 15) is 0 Å². The Morgan fingerprint density at radius 1 is 1.33 bits per heavy atom. The normalized spacial score (nSPS) is 24.1. The number of aromatic nitrogens is 2. The second kappa shape index (κ2) is 5.55. The Balaban J connectivity index is 2.17. The molecule has 2 atom stereocenters. The van der Waals surface area contributed by atoms with Crippen molar-refractivity contribution in [3.05, 3.63) is 11.9 Å². The summed E-state index contributed by atoms with van der Waals surface area (Å²) in [6.45, 7) is 11.8. The van der Waals surface area contributed by atoms with Crippen LogP contribution in [-0.4, -0.2) is 29.6 Å². The molecule has 0 aromatic carbocycles. The number of nitrogens with one attached hydrogen (secondary N) is 1. The molecule has 0 amide bonds. The van der Waals surface area contributed by atoms with Crippen molar-refractivity contribution in [3.8, 4) is 0 Å². The van der Waals surface area contributed by atoms with Crippen molar-refractivity contribution in [2.75, 3.05) is 29.9 Å². The Hall–Kier alpha value is -1.32. The molecule has 2 rings (SSSR count). The largest absolute Gasteiger partial charge is 0.370 e. The highest BCUT2D eigenvalue weighted by molar-refractivity contribution is 5.49. The lowest BCUT2D eigenvalue weighted by atomic mass is 9.89. The number of aryl methyl sites for hydroxylation is 1. The topological polar surface area (TPSA) is 41.0 Å². The van der Waals surface area contributed by atoms with Crippen LogP contribution < -0.4 is 10.2 Å². The van der Waals surface area contributed by atoms with E-state index >= 15 is 0 Å². The number of hydrogen-bond donors (Lipinski definition) is 1. The molecule has 18 heavy (non-hydrogen) atoms. The molecule has 4 nitrogen and oxygen atoms in total. The second-order valence-electron chi connectivity index (χ2n) is 5.38. The van der Waals surface area contributed by atoms with E-state index in [0.29, 0.717) is 0 Å². The van der Waals surface area contributed by atoms with E-state index in [1.54, 1.807) is 0 Å². The van der Waals surface area contributed by atoms with E-state index in [1.807, 2.05) is 6.92 Å². The zero-order chi connectivity index (χ0) is 13.1. The van der Waals surface area contributed by atoms with Gasteiger partial charge in [0.25, 0.3) is 0 Å². The Morgan fingerprint density at radius 3 is 2.78 bits per heavy atom. The van der Waals surface area contributed by atoms with Crippen LogP contribution in [0.3, 0.4) is 0 Å². The number of nitrogens with zero attached hydrogens (tertiary/aromatic N) is 3. The van der Waals surface area contributed by atoms with E-state index in [0.717, 1.165) is 48.9 Å². The lowest BCUT2D eigenvalue weighted by Gasteiger charge is -2.36. The summed E-state index contributed by atoms with van der Waals surface area (Å²) in [7, 11) is 0. The second-order valence-corrected chi connectivity index (χ2v) is 5.38. The van der Waals surface area contributed by atoms with E-state index in [-0.39, 0.29) is 0 Å². The molecule has 1 aromatic heterocycles.